The second-order valence-electron chi connectivity index (χ2n) is 8.20. The number of aryl methyl sites for hydroxylation is 2. The largest absolute Gasteiger partial charge is 0.262 e. The Kier molecular flexibility index (Phi) is 4.87. The van der Waals surface area contributed by atoms with Gasteiger partial charge in [0.05, 0.1) is 12.6 Å². The number of benzene rings is 2. The summed E-state index contributed by atoms with van der Waals surface area (Å²) in [5, 5.41) is 29.3. The van der Waals surface area contributed by atoms with Gasteiger partial charge in [-0.15, -0.1) is 23.5 Å². The van der Waals surface area contributed by atoms with Gasteiger partial charge in [0.2, 0.25) is 0 Å². The minimum Gasteiger partial charge on any atom is -0.227 e. The van der Waals surface area contributed by atoms with Crippen molar-refractivity contribution in [2.45, 2.75) is 46.0 Å². The highest BCUT2D eigenvalue weighted by atomic mass is 32.2. The van der Waals surface area contributed by atoms with Crippen LogP contribution in [0.15, 0.2) is 68.6 Å². The first-order chi connectivity index (χ1) is 15.5. The molecular formula is C26H16N4S2. The fourth-order valence-corrected chi connectivity index (χ4v) is 8.28. The van der Waals surface area contributed by atoms with E-state index in [0.717, 1.165) is 43.2 Å². The van der Waals surface area contributed by atoms with Gasteiger partial charge in [0.15, 0.2) is 0 Å². The maximum absolute atomic E-state index is 9.89. The molecule has 2 heterocycles. The maximum atomic E-state index is 9.89. The fourth-order valence-electron chi connectivity index (χ4n) is 5.16. The normalized spacial score (nSPS) is 25.8. The van der Waals surface area contributed by atoms with Gasteiger partial charge in [-0.1, -0.05) is 35.4 Å². The SMILES string of the molecule is [C-]#[N+]/C(C#N)=C1/C2Sc3ccc(C)cc3C2C(=C(C#N)C#N)C2Sc3ccc(C)cc3C12. The van der Waals surface area contributed by atoms with Crippen LogP contribution in [0.2, 0.25) is 0 Å². The summed E-state index contributed by atoms with van der Waals surface area (Å²) in [6, 6.07) is 19.0. The predicted octanol–water partition coefficient (Wildman–Crippen LogP) is 6.17. The number of allylic oxidation sites excluding steroid dienone is 2. The van der Waals surface area contributed by atoms with Crippen LogP contribution in [0, 0.1) is 54.4 Å². The van der Waals surface area contributed by atoms with Crippen molar-refractivity contribution in [1.82, 2.24) is 0 Å². The van der Waals surface area contributed by atoms with Crippen LogP contribution in [0.5, 0.6) is 0 Å². The van der Waals surface area contributed by atoms with E-state index in [1.54, 1.807) is 23.5 Å². The minimum atomic E-state index is -0.201. The van der Waals surface area contributed by atoms with E-state index in [1.807, 2.05) is 13.8 Å². The van der Waals surface area contributed by atoms with Gasteiger partial charge >= 0.3 is 0 Å². The zero-order valence-corrected chi connectivity index (χ0v) is 19.0. The molecule has 0 amide bonds. The van der Waals surface area contributed by atoms with E-state index in [-0.39, 0.29) is 33.6 Å². The average molecular weight is 449 g/mol. The van der Waals surface area contributed by atoms with E-state index in [0.29, 0.717) is 0 Å². The van der Waals surface area contributed by atoms with Crippen molar-refractivity contribution >= 4 is 23.5 Å². The van der Waals surface area contributed by atoms with Crippen LogP contribution in [0.4, 0.5) is 0 Å². The molecule has 1 fully saturated rings. The summed E-state index contributed by atoms with van der Waals surface area (Å²) in [5.74, 6) is -0.400. The molecule has 0 N–H and O–H groups in total. The first-order valence-corrected chi connectivity index (χ1v) is 11.9. The van der Waals surface area contributed by atoms with E-state index >= 15 is 0 Å². The zero-order chi connectivity index (χ0) is 22.6. The lowest BCUT2D eigenvalue weighted by molar-refractivity contribution is 0.617. The summed E-state index contributed by atoms with van der Waals surface area (Å²) in [7, 11) is 0. The molecule has 5 rings (SSSR count). The van der Waals surface area contributed by atoms with Gasteiger partial charge in [0.25, 0.3) is 5.70 Å². The van der Waals surface area contributed by atoms with Crippen LogP contribution >= 0.6 is 23.5 Å². The quantitative estimate of drug-likeness (QED) is 0.356. The third kappa shape index (κ3) is 2.82. The van der Waals surface area contributed by atoms with E-state index in [1.165, 1.54) is 0 Å². The van der Waals surface area contributed by atoms with Crippen LogP contribution in [0.3, 0.4) is 0 Å². The Balaban J connectivity index is 1.87. The molecule has 0 radical (unpaired) electrons. The molecular weight excluding hydrogens is 432 g/mol. The maximum Gasteiger partial charge on any atom is 0.262 e. The Morgan fingerprint density at radius 2 is 1.31 bits per heavy atom. The molecule has 32 heavy (non-hydrogen) atoms. The van der Waals surface area contributed by atoms with Crippen molar-refractivity contribution in [2.24, 2.45) is 0 Å². The van der Waals surface area contributed by atoms with E-state index in [9.17, 15) is 15.8 Å². The van der Waals surface area contributed by atoms with Gasteiger partial charge in [-0.25, -0.2) is 10.1 Å². The van der Waals surface area contributed by atoms with Gasteiger partial charge in [-0.2, -0.15) is 10.5 Å². The topological polar surface area (TPSA) is 75.7 Å². The molecule has 6 heteroatoms. The van der Waals surface area contributed by atoms with Crippen LogP contribution in [-0.2, 0) is 0 Å². The number of hydrogen-bond donors (Lipinski definition) is 0. The molecule has 152 valence electrons. The third-order valence-electron chi connectivity index (χ3n) is 6.40. The Morgan fingerprint density at radius 1 is 0.812 bits per heavy atom. The smallest absolute Gasteiger partial charge is 0.227 e. The highest BCUT2D eigenvalue weighted by molar-refractivity contribution is 8.01. The number of fused-ring (bicyclic) bond motifs is 6. The van der Waals surface area contributed by atoms with E-state index in [4.69, 9.17) is 6.57 Å². The van der Waals surface area contributed by atoms with Crippen molar-refractivity contribution in [3.05, 3.63) is 92.5 Å². The summed E-state index contributed by atoms with van der Waals surface area (Å²) in [6.07, 6.45) is 0. The highest BCUT2D eigenvalue weighted by Gasteiger charge is 2.54. The lowest BCUT2D eigenvalue weighted by Gasteiger charge is -2.40. The van der Waals surface area contributed by atoms with Crippen LogP contribution in [0.1, 0.15) is 34.1 Å². The summed E-state index contributed by atoms with van der Waals surface area (Å²) >= 11 is 3.30. The lowest BCUT2D eigenvalue weighted by Crippen LogP contribution is -2.35. The number of thioether (sulfide) groups is 2. The predicted molar refractivity (Wildman–Crippen MR) is 125 cm³/mol. The van der Waals surface area contributed by atoms with Gasteiger partial charge in [-0.3, -0.25) is 0 Å². The Bertz CT molecular complexity index is 1280. The summed E-state index contributed by atoms with van der Waals surface area (Å²) in [6.45, 7) is 11.8. The molecule has 2 aliphatic heterocycles. The van der Waals surface area contributed by atoms with Crippen molar-refractivity contribution in [1.29, 1.82) is 15.8 Å². The van der Waals surface area contributed by atoms with Gasteiger partial charge < -0.3 is 0 Å². The van der Waals surface area contributed by atoms with Crippen LogP contribution < -0.4 is 0 Å². The zero-order valence-electron chi connectivity index (χ0n) is 17.4. The molecule has 1 aliphatic carbocycles. The molecule has 3 aliphatic rings. The molecule has 2 aromatic carbocycles. The second kappa shape index (κ2) is 7.62. The summed E-state index contributed by atoms with van der Waals surface area (Å²) < 4.78 is 0. The molecule has 0 saturated heterocycles. The van der Waals surface area contributed by atoms with Crippen molar-refractivity contribution < 1.29 is 0 Å². The molecule has 2 aromatic rings. The summed E-state index contributed by atoms with van der Waals surface area (Å²) in [5.41, 5.74) is 6.36. The molecule has 0 spiro atoms. The van der Waals surface area contributed by atoms with Crippen LogP contribution in [0.25, 0.3) is 4.85 Å². The standard InChI is InChI=1S/C26H16N4S2/c1-13-4-6-19-16(8-13)22-21(15(10-27)11-28)25-23(17-9-14(2)5-7-20(17)31-25)24(26(22)32-19)18(12-29)30-3/h4-9,22-23,25-26H,1-2H3/b24-18+. The van der Waals surface area contributed by atoms with Crippen molar-refractivity contribution in [3.63, 3.8) is 0 Å². The van der Waals surface area contributed by atoms with E-state index in [2.05, 4.69) is 59.5 Å². The Morgan fingerprint density at radius 3 is 1.78 bits per heavy atom. The Labute approximate surface area is 195 Å². The Hall–Kier alpha value is -3.42. The second-order valence-corrected chi connectivity index (χ2v) is 10.6. The molecule has 0 aromatic heterocycles. The molecule has 4 nitrogen and oxygen atoms in total. The van der Waals surface area contributed by atoms with Crippen molar-refractivity contribution in [2.75, 3.05) is 0 Å². The lowest BCUT2D eigenvalue weighted by atomic mass is 9.67. The third-order valence-corrected chi connectivity index (χ3v) is 9.21. The molecule has 4 atom stereocenters. The first kappa shape index (κ1) is 20.5. The van der Waals surface area contributed by atoms with Gasteiger partial charge in [0, 0.05) is 32.1 Å². The van der Waals surface area contributed by atoms with Gasteiger partial charge in [0.1, 0.15) is 17.7 Å². The first-order valence-electron chi connectivity index (χ1n) is 10.1. The van der Waals surface area contributed by atoms with E-state index < -0.39 is 0 Å². The highest BCUT2D eigenvalue weighted by Crippen LogP contribution is 2.66. The molecule has 4 unspecified atom stereocenters. The number of nitriles is 3. The summed E-state index contributed by atoms with van der Waals surface area (Å²) in [4.78, 5) is 5.82. The number of rotatable bonds is 0. The minimum absolute atomic E-state index is 0.136. The monoisotopic (exact) mass is 448 g/mol. The van der Waals surface area contributed by atoms with Crippen LogP contribution in [-0.4, -0.2) is 10.5 Å². The number of nitrogens with zero attached hydrogens (tertiary/aromatic N) is 4. The molecule has 1 saturated carbocycles. The number of hydrogen-bond acceptors (Lipinski definition) is 5. The fraction of sp³-hybridized carbons (Fsp3) is 0.231. The van der Waals surface area contributed by atoms with Gasteiger partial charge in [-0.05, 0) is 48.3 Å². The molecule has 0 bridgehead atoms. The average Bonchev–Trinajstić information content (AvgIpc) is 3.34. The van der Waals surface area contributed by atoms with Crippen molar-refractivity contribution in [3.8, 4) is 18.2 Å².